The Hall–Kier alpha value is -0.613. The third-order valence-corrected chi connectivity index (χ3v) is 9.13. The first-order valence-corrected chi connectivity index (χ1v) is 9.59. The zero-order valence-corrected chi connectivity index (χ0v) is 13.1. The van der Waals surface area contributed by atoms with Gasteiger partial charge in [-0.05, 0) is 23.7 Å². The Balaban J connectivity index is 2.12. The van der Waals surface area contributed by atoms with Crippen molar-refractivity contribution in [1.82, 2.24) is 0 Å². The average molecular weight is 268 g/mol. The highest BCUT2D eigenvalue weighted by Gasteiger charge is 2.48. The first-order chi connectivity index (χ1) is 8.12. The number of carbonyl (C=O) groups excluding carboxylic acids is 1. The van der Waals surface area contributed by atoms with Gasteiger partial charge in [0.05, 0.1) is 12.0 Å². The number of carbonyl (C=O) groups is 1. The summed E-state index contributed by atoms with van der Waals surface area (Å²) < 4.78 is 11.7. The third kappa shape index (κ3) is 2.28. The molecule has 102 valence electrons. The molecule has 18 heavy (non-hydrogen) atoms. The molecule has 0 unspecified atom stereocenters. The number of rotatable bonds is 2. The fraction of sp³-hybridized carbons (Fsp3) is 0.786. The second kappa shape index (κ2) is 4.20. The van der Waals surface area contributed by atoms with Gasteiger partial charge in [-0.15, -0.1) is 0 Å². The summed E-state index contributed by atoms with van der Waals surface area (Å²) in [5.74, 6) is -0.232. The topological polar surface area (TPSA) is 35.5 Å². The lowest BCUT2D eigenvalue weighted by Gasteiger charge is -2.41. The number of fused-ring (bicyclic) bond motifs is 2. The Morgan fingerprint density at radius 3 is 2.50 bits per heavy atom. The van der Waals surface area contributed by atoms with Crippen molar-refractivity contribution < 1.29 is 14.0 Å². The van der Waals surface area contributed by atoms with E-state index in [2.05, 4.69) is 40.4 Å². The van der Waals surface area contributed by atoms with Gasteiger partial charge in [0.15, 0.2) is 8.32 Å². The van der Waals surface area contributed by atoms with Crippen molar-refractivity contribution in [2.75, 3.05) is 0 Å². The summed E-state index contributed by atoms with van der Waals surface area (Å²) in [6.45, 7) is 15.2. The van der Waals surface area contributed by atoms with Crippen LogP contribution in [0.15, 0.2) is 12.2 Å². The van der Waals surface area contributed by atoms with Gasteiger partial charge >= 0.3 is 5.97 Å². The Morgan fingerprint density at radius 1 is 1.33 bits per heavy atom. The van der Waals surface area contributed by atoms with Gasteiger partial charge in [-0.2, -0.15) is 0 Å². The van der Waals surface area contributed by atoms with Gasteiger partial charge in [-0.3, -0.25) is 4.79 Å². The summed E-state index contributed by atoms with van der Waals surface area (Å²) in [4.78, 5) is 11.6. The second-order valence-electron chi connectivity index (χ2n) is 7.02. The largest absolute Gasteiger partial charge is 0.462 e. The van der Waals surface area contributed by atoms with Crippen molar-refractivity contribution in [2.24, 2.45) is 5.92 Å². The molecule has 0 spiro atoms. The Morgan fingerprint density at radius 2 is 1.94 bits per heavy atom. The van der Waals surface area contributed by atoms with Crippen LogP contribution >= 0.6 is 0 Å². The highest BCUT2D eigenvalue weighted by molar-refractivity contribution is 6.74. The molecule has 2 bridgehead atoms. The van der Waals surface area contributed by atoms with E-state index in [0.717, 1.165) is 18.4 Å². The van der Waals surface area contributed by atoms with E-state index >= 15 is 0 Å². The molecule has 1 aliphatic heterocycles. The summed E-state index contributed by atoms with van der Waals surface area (Å²) in [6, 6.07) is 0. The lowest BCUT2D eigenvalue weighted by molar-refractivity contribution is -0.142. The lowest BCUT2D eigenvalue weighted by Crippen LogP contribution is -2.46. The van der Waals surface area contributed by atoms with Gasteiger partial charge in [0.1, 0.15) is 6.10 Å². The van der Waals surface area contributed by atoms with Crippen LogP contribution in [0.4, 0.5) is 0 Å². The van der Waals surface area contributed by atoms with Crippen molar-refractivity contribution in [3.63, 3.8) is 0 Å². The molecule has 3 nitrogen and oxygen atoms in total. The predicted molar refractivity (Wildman–Crippen MR) is 73.8 cm³/mol. The monoisotopic (exact) mass is 268 g/mol. The van der Waals surface area contributed by atoms with Crippen molar-refractivity contribution >= 4 is 14.3 Å². The van der Waals surface area contributed by atoms with Crippen molar-refractivity contribution in [2.45, 2.75) is 64.0 Å². The van der Waals surface area contributed by atoms with E-state index < -0.39 is 8.32 Å². The van der Waals surface area contributed by atoms with Gasteiger partial charge in [-0.25, -0.2) is 0 Å². The van der Waals surface area contributed by atoms with E-state index in [0.29, 0.717) is 0 Å². The maximum absolute atomic E-state index is 11.6. The van der Waals surface area contributed by atoms with Crippen LogP contribution in [0.5, 0.6) is 0 Å². The van der Waals surface area contributed by atoms with Crippen LogP contribution in [0.25, 0.3) is 0 Å². The highest BCUT2D eigenvalue weighted by Crippen LogP contribution is 2.43. The second-order valence-corrected chi connectivity index (χ2v) is 11.8. The SMILES string of the molecule is C=C1[C@H]2C[C@@H](C[C@@H]1O[Si](C)(C)C(C)(C)C)OC2=O. The van der Waals surface area contributed by atoms with E-state index in [-0.39, 0.29) is 29.1 Å². The Kier molecular flexibility index (Phi) is 3.22. The number of hydrogen-bond donors (Lipinski definition) is 0. The molecule has 0 aromatic carbocycles. The zero-order valence-electron chi connectivity index (χ0n) is 12.1. The van der Waals surface area contributed by atoms with Crippen LogP contribution in [0.1, 0.15) is 33.6 Å². The average Bonchev–Trinajstić information content (AvgIpc) is 2.50. The van der Waals surface area contributed by atoms with Crippen molar-refractivity contribution in [1.29, 1.82) is 0 Å². The van der Waals surface area contributed by atoms with Gasteiger partial charge in [0.2, 0.25) is 0 Å². The van der Waals surface area contributed by atoms with Gasteiger partial charge in [0, 0.05) is 12.8 Å². The maximum Gasteiger partial charge on any atom is 0.313 e. The van der Waals surface area contributed by atoms with Crippen LogP contribution in [0.2, 0.25) is 18.1 Å². The Bertz CT molecular complexity index is 381. The summed E-state index contributed by atoms with van der Waals surface area (Å²) in [6.07, 6.45) is 1.63. The third-order valence-electron chi connectivity index (χ3n) is 4.65. The molecule has 2 fully saturated rings. The van der Waals surface area contributed by atoms with E-state index in [1.165, 1.54) is 0 Å². The number of esters is 1. The summed E-state index contributed by atoms with van der Waals surface area (Å²) in [5, 5.41) is 0.175. The van der Waals surface area contributed by atoms with Crippen molar-refractivity contribution in [3.8, 4) is 0 Å². The maximum atomic E-state index is 11.6. The molecule has 4 heteroatoms. The molecule has 1 aliphatic carbocycles. The lowest BCUT2D eigenvalue weighted by atomic mass is 9.84. The molecular weight excluding hydrogens is 244 g/mol. The van der Waals surface area contributed by atoms with E-state index in [1.54, 1.807) is 0 Å². The van der Waals surface area contributed by atoms with Gasteiger partial charge in [0.25, 0.3) is 0 Å². The molecule has 1 saturated heterocycles. The van der Waals surface area contributed by atoms with Crippen LogP contribution < -0.4 is 0 Å². The summed E-state index contributed by atoms with van der Waals surface area (Å²) in [7, 11) is -1.82. The first kappa shape index (κ1) is 13.8. The minimum Gasteiger partial charge on any atom is -0.462 e. The molecule has 0 N–H and O–H groups in total. The Labute approximate surface area is 111 Å². The first-order valence-electron chi connectivity index (χ1n) is 6.69. The molecule has 0 radical (unpaired) electrons. The normalized spacial score (nSPS) is 32.6. The molecule has 1 heterocycles. The van der Waals surface area contributed by atoms with Crippen molar-refractivity contribution in [3.05, 3.63) is 12.2 Å². The van der Waals surface area contributed by atoms with E-state index in [1.807, 2.05) is 0 Å². The molecule has 3 atom stereocenters. The standard InChI is InChI=1S/C14H24O3Si/c1-9-11-7-10(16-13(11)15)8-12(9)17-18(5,6)14(2,3)4/h10-12H,1,7-8H2,2-6H3/t10-,11+,12-/m0/s1. The molecular formula is C14H24O3Si. The predicted octanol–water partition coefficient (Wildman–Crippen LogP) is 3.27. The zero-order chi connectivity index (χ0) is 13.7. The molecule has 1 saturated carbocycles. The highest BCUT2D eigenvalue weighted by atomic mass is 28.4. The molecule has 0 aromatic heterocycles. The minimum atomic E-state index is -1.82. The fourth-order valence-electron chi connectivity index (χ4n) is 2.37. The smallest absolute Gasteiger partial charge is 0.313 e. The van der Waals surface area contributed by atoms with E-state index in [9.17, 15) is 4.79 Å². The van der Waals surface area contributed by atoms with Gasteiger partial charge in [-0.1, -0.05) is 27.4 Å². The van der Waals surface area contributed by atoms with Crippen LogP contribution in [0, 0.1) is 5.92 Å². The van der Waals surface area contributed by atoms with Crippen LogP contribution in [-0.2, 0) is 14.0 Å². The summed E-state index contributed by atoms with van der Waals surface area (Å²) in [5.41, 5.74) is 0.929. The molecule has 2 rings (SSSR count). The molecule has 2 aliphatic rings. The molecule has 0 amide bonds. The van der Waals surface area contributed by atoms with Crippen LogP contribution in [-0.4, -0.2) is 26.5 Å². The fourth-order valence-corrected chi connectivity index (χ4v) is 3.68. The summed E-state index contributed by atoms with van der Waals surface area (Å²) >= 11 is 0. The van der Waals surface area contributed by atoms with Gasteiger partial charge < -0.3 is 9.16 Å². The number of ether oxygens (including phenoxy) is 1. The van der Waals surface area contributed by atoms with Crippen LogP contribution in [0.3, 0.4) is 0 Å². The van der Waals surface area contributed by atoms with E-state index in [4.69, 9.17) is 9.16 Å². The molecule has 0 aromatic rings. The number of hydrogen-bond acceptors (Lipinski definition) is 3. The quantitative estimate of drug-likeness (QED) is 0.438. The minimum absolute atomic E-state index is 0.00101.